The third-order valence-electron chi connectivity index (χ3n) is 1.04. The van der Waals surface area contributed by atoms with E-state index in [4.69, 9.17) is 5.73 Å². The molecule has 0 fully saturated rings. The molecule has 0 aliphatic carbocycles. The second-order valence-corrected chi connectivity index (χ2v) is 2.00. The molecular formula is C6H11B2N. The Labute approximate surface area is 58.1 Å². The summed E-state index contributed by atoms with van der Waals surface area (Å²) >= 11 is 0. The molecule has 0 heterocycles. The van der Waals surface area contributed by atoms with Gasteiger partial charge >= 0.3 is 0 Å². The quantitative estimate of drug-likeness (QED) is 0.370. The number of rotatable bonds is 2. The molecule has 0 unspecified atom stereocenters. The highest BCUT2D eigenvalue weighted by Crippen LogP contribution is 1.93. The highest BCUT2D eigenvalue weighted by molar-refractivity contribution is 6.27. The summed E-state index contributed by atoms with van der Waals surface area (Å²) in [6.07, 6.45) is 5.35. The Morgan fingerprint density at radius 1 is 1.33 bits per heavy atom. The van der Waals surface area contributed by atoms with E-state index in [0.717, 1.165) is 10.9 Å². The Hall–Kier alpha value is -0.850. The van der Waals surface area contributed by atoms with Crippen LogP contribution in [0.1, 0.15) is 0 Å². The molecule has 0 aromatic heterocycles. The Morgan fingerprint density at radius 2 is 1.89 bits per heavy atom. The fraction of sp³-hybridized carbons (Fsp3) is 0. The standard InChI is InChI=1S/C6H11B2N/c1-2-5(7)3-6(8)4-9/h2-4H,1,7-9H2/b5-3+,6-4+. The van der Waals surface area contributed by atoms with Gasteiger partial charge in [-0.25, -0.2) is 0 Å². The summed E-state index contributed by atoms with van der Waals surface area (Å²) < 4.78 is 0. The van der Waals surface area contributed by atoms with E-state index in [1.807, 2.05) is 21.8 Å². The topological polar surface area (TPSA) is 26.0 Å². The first-order valence-electron chi connectivity index (χ1n) is 2.90. The van der Waals surface area contributed by atoms with E-state index in [9.17, 15) is 0 Å². The lowest BCUT2D eigenvalue weighted by Crippen LogP contribution is -1.86. The lowest BCUT2D eigenvalue weighted by Gasteiger charge is -1.90. The monoisotopic (exact) mass is 119 g/mol. The van der Waals surface area contributed by atoms with Crippen LogP contribution in [-0.2, 0) is 0 Å². The SMILES string of the molecule is B/C(C=C)=C/C(B)=C\N. The fourth-order valence-electron chi connectivity index (χ4n) is 0.466. The van der Waals surface area contributed by atoms with E-state index >= 15 is 0 Å². The number of nitrogens with two attached hydrogens (primary N) is 1. The minimum absolute atomic E-state index is 1.06. The van der Waals surface area contributed by atoms with Gasteiger partial charge in [-0.05, 0) is 6.20 Å². The molecule has 0 rings (SSSR count). The summed E-state index contributed by atoms with van der Waals surface area (Å²) in [5.74, 6) is 0. The van der Waals surface area contributed by atoms with Crippen LogP contribution in [0.25, 0.3) is 0 Å². The molecule has 0 aromatic carbocycles. The molecule has 0 radical (unpaired) electrons. The zero-order chi connectivity index (χ0) is 7.28. The zero-order valence-electron chi connectivity index (χ0n) is 6.02. The van der Waals surface area contributed by atoms with Gasteiger partial charge in [0.2, 0.25) is 0 Å². The van der Waals surface area contributed by atoms with E-state index in [1.54, 1.807) is 12.3 Å². The van der Waals surface area contributed by atoms with Crippen LogP contribution < -0.4 is 5.73 Å². The molecule has 0 saturated carbocycles. The molecule has 2 N–H and O–H groups in total. The third-order valence-corrected chi connectivity index (χ3v) is 1.04. The predicted octanol–water partition coefficient (Wildman–Crippen LogP) is -0.877. The average Bonchev–Trinajstić information content (AvgIpc) is 1.87. The molecule has 0 aromatic rings. The average molecular weight is 119 g/mol. The molecular weight excluding hydrogens is 108 g/mol. The molecule has 3 heteroatoms. The molecule has 0 amide bonds. The summed E-state index contributed by atoms with van der Waals surface area (Å²) in [6, 6.07) is 0. The van der Waals surface area contributed by atoms with Crippen molar-refractivity contribution in [3.05, 3.63) is 35.9 Å². The van der Waals surface area contributed by atoms with Crippen molar-refractivity contribution in [1.82, 2.24) is 0 Å². The van der Waals surface area contributed by atoms with Gasteiger partial charge in [0.05, 0.1) is 0 Å². The molecule has 9 heavy (non-hydrogen) atoms. The maximum atomic E-state index is 5.23. The predicted molar refractivity (Wildman–Crippen MR) is 47.6 cm³/mol. The Morgan fingerprint density at radius 3 is 2.22 bits per heavy atom. The molecule has 0 aliphatic heterocycles. The second-order valence-electron chi connectivity index (χ2n) is 2.00. The molecule has 0 spiro atoms. The van der Waals surface area contributed by atoms with Gasteiger partial charge in [0.1, 0.15) is 15.7 Å². The van der Waals surface area contributed by atoms with Crippen molar-refractivity contribution in [2.24, 2.45) is 5.73 Å². The van der Waals surface area contributed by atoms with Crippen LogP contribution in [0.5, 0.6) is 0 Å². The number of hydrogen-bond donors (Lipinski definition) is 1. The van der Waals surface area contributed by atoms with Crippen LogP contribution in [0, 0.1) is 0 Å². The fourth-order valence-corrected chi connectivity index (χ4v) is 0.466. The summed E-state index contributed by atoms with van der Waals surface area (Å²) in [5, 5.41) is 0. The molecule has 0 aliphatic rings. The van der Waals surface area contributed by atoms with Gasteiger partial charge in [0.25, 0.3) is 0 Å². The zero-order valence-corrected chi connectivity index (χ0v) is 6.02. The van der Waals surface area contributed by atoms with Crippen molar-refractivity contribution in [3.63, 3.8) is 0 Å². The first kappa shape index (κ1) is 8.15. The van der Waals surface area contributed by atoms with E-state index in [2.05, 4.69) is 6.58 Å². The van der Waals surface area contributed by atoms with Crippen molar-refractivity contribution >= 4 is 15.7 Å². The Balaban J connectivity index is 4.11. The van der Waals surface area contributed by atoms with Crippen molar-refractivity contribution in [3.8, 4) is 0 Å². The molecule has 0 bridgehead atoms. The van der Waals surface area contributed by atoms with E-state index < -0.39 is 0 Å². The van der Waals surface area contributed by atoms with Crippen molar-refractivity contribution in [1.29, 1.82) is 0 Å². The maximum Gasteiger partial charge on any atom is 0.141 e. The van der Waals surface area contributed by atoms with Crippen LogP contribution in [0.2, 0.25) is 0 Å². The normalized spacial score (nSPS) is 13.3. The minimum atomic E-state index is 1.06. The van der Waals surface area contributed by atoms with E-state index in [-0.39, 0.29) is 0 Å². The summed E-state index contributed by atoms with van der Waals surface area (Å²) in [5.41, 5.74) is 7.43. The van der Waals surface area contributed by atoms with Crippen molar-refractivity contribution in [2.75, 3.05) is 0 Å². The lowest BCUT2D eigenvalue weighted by atomic mass is 9.87. The summed E-state index contributed by atoms with van der Waals surface area (Å²) in [4.78, 5) is 0. The first-order valence-corrected chi connectivity index (χ1v) is 2.90. The summed E-state index contributed by atoms with van der Waals surface area (Å²) in [6.45, 7) is 3.61. The lowest BCUT2D eigenvalue weighted by molar-refractivity contribution is 1.57. The van der Waals surface area contributed by atoms with Gasteiger partial charge in [-0.1, -0.05) is 29.7 Å². The van der Waals surface area contributed by atoms with Gasteiger partial charge in [0.15, 0.2) is 0 Å². The van der Waals surface area contributed by atoms with Crippen molar-refractivity contribution in [2.45, 2.75) is 0 Å². The highest BCUT2D eigenvalue weighted by Gasteiger charge is 1.80. The van der Waals surface area contributed by atoms with Crippen LogP contribution in [0.15, 0.2) is 35.9 Å². The van der Waals surface area contributed by atoms with Crippen LogP contribution in [0.3, 0.4) is 0 Å². The minimum Gasteiger partial charge on any atom is -0.405 e. The Kier molecular flexibility index (Phi) is 3.69. The number of allylic oxidation sites excluding steroid dienone is 4. The largest absolute Gasteiger partial charge is 0.405 e. The van der Waals surface area contributed by atoms with Crippen molar-refractivity contribution < 1.29 is 0 Å². The van der Waals surface area contributed by atoms with Crippen LogP contribution >= 0.6 is 0 Å². The van der Waals surface area contributed by atoms with Gasteiger partial charge in [-0.15, -0.1) is 0 Å². The van der Waals surface area contributed by atoms with Gasteiger partial charge in [0, 0.05) is 0 Å². The maximum absolute atomic E-state index is 5.23. The van der Waals surface area contributed by atoms with Crippen LogP contribution in [0.4, 0.5) is 0 Å². The van der Waals surface area contributed by atoms with E-state index in [1.165, 1.54) is 0 Å². The Bertz CT molecular complexity index is 158. The smallest absolute Gasteiger partial charge is 0.141 e. The van der Waals surface area contributed by atoms with Crippen LogP contribution in [-0.4, -0.2) is 15.7 Å². The molecule has 0 saturated heterocycles. The van der Waals surface area contributed by atoms with Gasteiger partial charge in [-0.2, -0.15) is 0 Å². The highest BCUT2D eigenvalue weighted by atomic mass is 14.5. The molecule has 46 valence electrons. The third kappa shape index (κ3) is 3.71. The number of hydrogen-bond acceptors (Lipinski definition) is 1. The second kappa shape index (κ2) is 4.07. The van der Waals surface area contributed by atoms with Gasteiger partial charge in [-0.3, -0.25) is 0 Å². The van der Waals surface area contributed by atoms with Gasteiger partial charge < -0.3 is 5.73 Å². The first-order chi connectivity index (χ1) is 4.20. The molecule has 1 nitrogen and oxygen atoms in total. The molecule has 0 atom stereocenters. The summed E-state index contributed by atoms with van der Waals surface area (Å²) in [7, 11) is 3.94. The van der Waals surface area contributed by atoms with E-state index in [0.29, 0.717) is 0 Å².